The SMILES string of the molecule is CCC(O)O.CCCCC(O)CO. The van der Waals surface area contributed by atoms with Crippen molar-refractivity contribution in [2.24, 2.45) is 0 Å². The van der Waals surface area contributed by atoms with E-state index in [4.69, 9.17) is 20.4 Å². The highest BCUT2D eigenvalue weighted by atomic mass is 16.5. The molecule has 0 saturated heterocycles. The van der Waals surface area contributed by atoms with Crippen LogP contribution in [-0.4, -0.2) is 39.4 Å². The molecule has 0 aromatic carbocycles. The number of rotatable bonds is 5. The summed E-state index contributed by atoms with van der Waals surface area (Å²) < 4.78 is 0. The van der Waals surface area contributed by atoms with Crippen molar-refractivity contribution in [1.82, 2.24) is 0 Å². The Hall–Kier alpha value is -0.160. The van der Waals surface area contributed by atoms with Crippen molar-refractivity contribution < 1.29 is 20.4 Å². The molecule has 13 heavy (non-hydrogen) atoms. The van der Waals surface area contributed by atoms with E-state index in [-0.39, 0.29) is 6.61 Å². The zero-order valence-electron chi connectivity index (χ0n) is 8.48. The lowest BCUT2D eigenvalue weighted by molar-refractivity contribution is -0.0413. The van der Waals surface area contributed by atoms with E-state index in [1.165, 1.54) is 0 Å². The van der Waals surface area contributed by atoms with Gasteiger partial charge in [-0.15, -0.1) is 0 Å². The molecule has 0 aromatic heterocycles. The van der Waals surface area contributed by atoms with Crippen molar-refractivity contribution in [2.45, 2.75) is 51.9 Å². The summed E-state index contributed by atoms with van der Waals surface area (Å²) in [6.45, 7) is 3.66. The first kappa shape index (κ1) is 15.3. The Morgan fingerprint density at radius 2 is 1.54 bits per heavy atom. The third kappa shape index (κ3) is 18.7. The standard InChI is InChI=1S/C6H14O2.C3H8O2/c1-2-3-4-6(8)5-7;1-2-3(4)5/h6-8H,2-5H2,1H3;3-5H,2H2,1H3. The van der Waals surface area contributed by atoms with E-state index in [9.17, 15) is 0 Å². The molecule has 0 aromatic rings. The molecule has 4 heteroatoms. The Labute approximate surface area is 79.8 Å². The number of aliphatic hydroxyl groups is 4. The minimum absolute atomic E-state index is 0.0972. The lowest BCUT2D eigenvalue weighted by Crippen LogP contribution is -2.10. The van der Waals surface area contributed by atoms with Crippen molar-refractivity contribution in [3.8, 4) is 0 Å². The van der Waals surface area contributed by atoms with E-state index < -0.39 is 12.4 Å². The van der Waals surface area contributed by atoms with Crippen LogP contribution in [0.1, 0.15) is 39.5 Å². The van der Waals surface area contributed by atoms with E-state index in [1.54, 1.807) is 6.92 Å². The molecule has 1 unspecified atom stereocenters. The van der Waals surface area contributed by atoms with Crippen LogP contribution >= 0.6 is 0 Å². The molecule has 4 nitrogen and oxygen atoms in total. The summed E-state index contributed by atoms with van der Waals surface area (Å²) in [5.74, 6) is 0. The van der Waals surface area contributed by atoms with Gasteiger partial charge in [0, 0.05) is 0 Å². The molecule has 4 N–H and O–H groups in total. The number of unbranched alkanes of at least 4 members (excludes halogenated alkanes) is 1. The first-order valence-electron chi connectivity index (χ1n) is 4.73. The van der Waals surface area contributed by atoms with E-state index in [0.29, 0.717) is 6.42 Å². The largest absolute Gasteiger partial charge is 0.394 e. The van der Waals surface area contributed by atoms with Crippen LogP contribution in [0.25, 0.3) is 0 Å². The van der Waals surface area contributed by atoms with Gasteiger partial charge in [-0.2, -0.15) is 0 Å². The maximum absolute atomic E-state index is 8.74. The Kier molecular flexibility index (Phi) is 14.0. The molecule has 1 atom stereocenters. The average molecular weight is 194 g/mol. The van der Waals surface area contributed by atoms with Crippen molar-refractivity contribution in [2.75, 3.05) is 6.61 Å². The molecule has 0 aliphatic carbocycles. The molecule has 0 aliphatic heterocycles. The second-order valence-electron chi connectivity index (χ2n) is 2.87. The Morgan fingerprint density at radius 3 is 1.77 bits per heavy atom. The Balaban J connectivity index is 0. The third-order valence-electron chi connectivity index (χ3n) is 1.47. The fourth-order valence-electron chi connectivity index (χ4n) is 0.531. The summed E-state index contributed by atoms with van der Waals surface area (Å²) in [5, 5.41) is 32.9. The summed E-state index contributed by atoms with van der Waals surface area (Å²) in [6, 6.07) is 0. The Morgan fingerprint density at radius 1 is 1.08 bits per heavy atom. The minimum atomic E-state index is -1.12. The molecule has 82 valence electrons. The lowest BCUT2D eigenvalue weighted by atomic mass is 10.2. The fourth-order valence-corrected chi connectivity index (χ4v) is 0.531. The van der Waals surface area contributed by atoms with Crippen LogP contribution in [0.4, 0.5) is 0 Å². The molecular weight excluding hydrogens is 172 g/mol. The molecule has 0 radical (unpaired) electrons. The predicted octanol–water partition coefficient (Wildman–Crippen LogP) is 0.237. The van der Waals surface area contributed by atoms with Gasteiger partial charge in [0.25, 0.3) is 0 Å². The maximum atomic E-state index is 8.74. The van der Waals surface area contributed by atoms with Crippen LogP contribution in [0.2, 0.25) is 0 Å². The second kappa shape index (κ2) is 11.8. The molecule has 0 heterocycles. The molecule has 0 fully saturated rings. The van der Waals surface area contributed by atoms with E-state index >= 15 is 0 Å². The van der Waals surface area contributed by atoms with Crippen LogP contribution in [0, 0.1) is 0 Å². The Bertz CT molecular complexity index is 85.7. The van der Waals surface area contributed by atoms with Crippen molar-refractivity contribution in [1.29, 1.82) is 0 Å². The van der Waals surface area contributed by atoms with Gasteiger partial charge in [-0.05, 0) is 12.8 Å². The van der Waals surface area contributed by atoms with Gasteiger partial charge < -0.3 is 20.4 Å². The number of aliphatic hydroxyl groups excluding tert-OH is 3. The molecule has 0 amide bonds. The van der Waals surface area contributed by atoms with E-state index in [1.807, 2.05) is 0 Å². The molecule has 0 spiro atoms. The van der Waals surface area contributed by atoms with Gasteiger partial charge >= 0.3 is 0 Å². The number of hydrogen-bond acceptors (Lipinski definition) is 4. The maximum Gasteiger partial charge on any atom is 0.151 e. The van der Waals surface area contributed by atoms with Gasteiger partial charge in [0.05, 0.1) is 12.7 Å². The highest BCUT2D eigenvalue weighted by molar-refractivity contribution is 4.50. The van der Waals surface area contributed by atoms with Crippen LogP contribution in [0.5, 0.6) is 0 Å². The van der Waals surface area contributed by atoms with Gasteiger partial charge in [0.15, 0.2) is 6.29 Å². The molecular formula is C9H22O4. The monoisotopic (exact) mass is 194 g/mol. The summed E-state index contributed by atoms with van der Waals surface area (Å²) in [6.07, 6.45) is 1.62. The smallest absolute Gasteiger partial charge is 0.151 e. The van der Waals surface area contributed by atoms with Gasteiger partial charge in [-0.25, -0.2) is 0 Å². The second-order valence-corrected chi connectivity index (χ2v) is 2.87. The minimum Gasteiger partial charge on any atom is -0.394 e. The molecule has 0 aliphatic rings. The van der Waals surface area contributed by atoms with Gasteiger partial charge in [-0.3, -0.25) is 0 Å². The first-order chi connectivity index (χ1) is 6.08. The summed E-state index contributed by atoms with van der Waals surface area (Å²) in [4.78, 5) is 0. The van der Waals surface area contributed by atoms with Crippen LogP contribution in [0.15, 0.2) is 0 Å². The zero-order valence-corrected chi connectivity index (χ0v) is 8.48. The normalized spacial score (nSPS) is 12.2. The topological polar surface area (TPSA) is 80.9 Å². The average Bonchev–Trinajstić information content (AvgIpc) is 2.15. The lowest BCUT2D eigenvalue weighted by Gasteiger charge is -2.02. The van der Waals surface area contributed by atoms with Crippen molar-refractivity contribution in [3.63, 3.8) is 0 Å². The van der Waals surface area contributed by atoms with Gasteiger partial charge in [0.1, 0.15) is 0 Å². The fraction of sp³-hybridized carbons (Fsp3) is 1.00. The third-order valence-corrected chi connectivity index (χ3v) is 1.47. The van der Waals surface area contributed by atoms with E-state index in [2.05, 4.69) is 6.92 Å². The summed E-state index contributed by atoms with van der Waals surface area (Å²) >= 11 is 0. The molecule has 0 bridgehead atoms. The van der Waals surface area contributed by atoms with Crippen molar-refractivity contribution in [3.05, 3.63) is 0 Å². The van der Waals surface area contributed by atoms with Crippen molar-refractivity contribution >= 4 is 0 Å². The quantitative estimate of drug-likeness (QED) is 0.472. The number of hydrogen-bond donors (Lipinski definition) is 4. The molecule has 0 saturated carbocycles. The first-order valence-corrected chi connectivity index (χ1v) is 4.73. The van der Waals surface area contributed by atoms with Crippen LogP contribution in [-0.2, 0) is 0 Å². The summed E-state index contributed by atoms with van der Waals surface area (Å²) in [7, 11) is 0. The highest BCUT2D eigenvalue weighted by Gasteiger charge is 1.97. The van der Waals surface area contributed by atoms with Gasteiger partial charge in [-0.1, -0.05) is 26.7 Å². The highest BCUT2D eigenvalue weighted by Crippen LogP contribution is 1.97. The molecule has 0 rings (SSSR count). The zero-order chi connectivity index (χ0) is 10.7. The van der Waals surface area contributed by atoms with E-state index in [0.717, 1.165) is 19.3 Å². The van der Waals surface area contributed by atoms with Gasteiger partial charge in [0.2, 0.25) is 0 Å². The van der Waals surface area contributed by atoms with Crippen LogP contribution in [0.3, 0.4) is 0 Å². The van der Waals surface area contributed by atoms with Crippen LogP contribution < -0.4 is 0 Å². The summed E-state index contributed by atoms with van der Waals surface area (Å²) in [5.41, 5.74) is 0. The predicted molar refractivity (Wildman–Crippen MR) is 51.1 cm³/mol.